The zero-order chi connectivity index (χ0) is 10.9. The second kappa shape index (κ2) is 4.09. The molecule has 86 valence electrons. The molecule has 0 aromatic carbocycles. The zero-order valence-electron chi connectivity index (χ0n) is 8.53. The van der Waals surface area contributed by atoms with Crippen LogP contribution in [0.4, 0.5) is 0 Å². The molecule has 0 atom stereocenters. The topological polar surface area (TPSA) is 75.3 Å². The molecule has 2 aliphatic carbocycles. The predicted molar refractivity (Wildman–Crippen MR) is 55.7 cm³/mol. The Morgan fingerprint density at radius 2 is 1.80 bits per heavy atom. The molecule has 2 N–H and O–H groups in total. The van der Waals surface area contributed by atoms with Crippen LogP contribution in [0, 0.1) is 5.92 Å². The lowest BCUT2D eigenvalue weighted by molar-refractivity contribution is -0.122. The Morgan fingerprint density at radius 3 is 2.33 bits per heavy atom. The lowest BCUT2D eigenvalue weighted by Crippen LogP contribution is -2.36. The lowest BCUT2D eigenvalue weighted by atomic mass is 10.4. The number of carbonyl (C=O) groups excluding carboxylic acids is 1. The van der Waals surface area contributed by atoms with Gasteiger partial charge in [-0.3, -0.25) is 4.79 Å². The van der Waals surface area contributed by atoms with Gasteiger partial charge in [0.25, 0.3) is 0 Å². The zero-order valence-corrected chi connectivity index (χ0v) is 9.35. The molecule has 0 unspecified atom stereocenters. The van der Waals surface area contributed by atoms with Crippen LogP contribution < -0.4 is 10.0 Å². The minimum Gasteiger partial charge on any atom is -0.355 e. The summed E-state index contributed by atoms with van der Waals surface area (Å²) < 4.78 is 25.2. The van der Waals surface area contributed by atoms with Crippen molar-refractivity contribution in [3.05, 3.63) is 0 Å². The third-order valence-electron chi connectivity index (χ3n) is 2.64. The van der Waals surface area contributed by atoms with Gasteiger partial charge in [-0.05, 0) is 25.7 Å². The number of nitrogens with one attached hydrogen (secondary N) is 2. The van der Waals surface area contributed by atoms with E-state index in [-0.39, 0.29) is 17.1 Å². The molecule has 0 aromatic rings. The summed E-state index contributed by atoms with van der Waals surface area (Å²) in [6.07, 6.45) is 3.48. The van der Waals surface area contributed by atoms with Crippen LogP contribution in [0.5, 0.6) is 0 Å². The van der Waals surface area contributed by atoms with Gasteiger partial charge in [0.15, 0.2) is 0 Å². The van der Waals surface area contributed by atoms with Gasteiger partial charge < -0.3 is 5.32 Å². The number of sulfonamides is 1. The van der Waals surface area contributed by atoms with E-state index < -0.39 is 10.0 Å². The van der Waals surface area contributed by atoms with E-state index in [4.69, 9.17) is 0 Å². The smallest absolute Gasteiger partial charge is 0.223 e. The van der Waals surface area contributed by atoms with Crippen molar-refractivity contribution in [1.82, 2.24) is 10.0 Å². The van der Waals surface area contributed by atoms with Gasteiger partial charge in [0.2, 0.25) is 15.9 Å². The van der Waals surface area contributed by atoms with Crippen LogP contribution in [0.25, 0.3) is 0 Å². The van der Waals surface area contributed by atoms with Crippen LogP contribution in [0.1, 0.15) is 25.7 Å². The second-order valence-electron chi connectivity index (χ2n) is 4.20. The largest absolute Gasteiger partial charge is 0.355 e. The molecule has 0 bridgehead atoms. The quantitative estimate of drug-likeness (QED) is 0.612. The summed E-state index contributed by atoms with van der Waals surface area (Å²) in [4.78, 5) is 11.2. The highest BCUT2D eigenvalue weighted by atomic mass is 32.2. The van der Waals surface area contributed by atoms with Crippen molar-refractivity contribution < 1.29 is 13.2 Å². The predicted octanol–water partition coefficient (Wildman–Crippen LogP) is -0.406. The maximum absolute atomic E-state index is 11.4. The van der Waals surface area contributed by atoms with Gasteiger partial charge >= 0.3 is 0 Å². The van der Waals surface area contributed by atoms with Crippen molar-refractivity contribution in [2.45, 2.75) is 30.9 Å². The summed E-state index contributed by atoms with van der Waals surface area (Å²) in [6, 6.07) is 0. The fourth-order valence-electron chi connectivity index (χ4n) is 1.37. The van der Waals surface area contributed by atoms with Crippen LogP contribution in [0.15, 0.2) is 0 Å². The number of hydrogen-bond donors (Lipinski definition) is 2. The molecule has 0 heterocycles. The van der Waals surface area contributed by atoms with Crippen LogP contribution in [0.3, 0.4) is 0 Å². The van der Waals surface area contributed by atoms with Crippen molar-refractivity contribution >= 4 is 15.9 Å². The second-order valence-corrected chi connectivity index (χ2v) is 6.25. The van der Waals surface area contributed by atoms with E-state index in [1.807, 2.05) is 0 Å². The lowest BCUT2D eigenvalue weighted by Gasteiger charge is -2.06. The maximum Gasteiger partial charge on any atom is 0.223 e. The molecule has 1 amide bonds. The van der Waals surface area contributed by atoms with Crippen LogP contribution in [-0.2, 0) is 14.8 Å². The molecule has 15 heavy (non-hydrogen) atoms. The molecule has 0 aliphatic heterocycles. The SMILES string of the molecule is O=C(NCCNS(=O)(=O)C1CC1)C1CC1. The first-order chi connectivity index (χ1) is 7.09. The van der Waals surface area contributed by atoms with E-state index in [0.717, 1.165) is 25.7 Å². The van der Waals surface area contributed by atoms with Crippen LogP contribution >= 0.6 is 0 Å². The van der Waals surface area contributed by atoms with E-state index in [0.29, 0.717) is 13.1 Å². The van der Waals surface area contributed by atoms with E-state index in [1.54, 1.807) is 0 Å². The first-order valence-electron chi connectivity index (χ1n) is 5.36. The molecule has 0 aromatic heterocycles. The third-order valence-corrected chi connectivity index (χ3v) is 4.59. The van der Waals surface area contributed by atoms with Gasteiger partial charge in [0.05, 0.1) is 5.25 Å². The molecule has 0 spiro atoms. The maximum atomic E-state index is 11.4. The minimum absolute atomic E-state index is 0.0561. The fourth-order valence-corrected chi connectivity index (χ4v) is 2.74. The van der Waals surface area contributed by atoms with Crippen molar-refractivity contribution in [2.75, 3.05) is 13.1 Å². The molecule has 2 fully saturated rings. The summed E-state index contributed by atoms with van der Waals surface area (Å²) in [5.74, 6) is 0.241. The van der Waals surface area contributed by atoms with Gasteiger partial charge in [-0.1, -0.05) is 0 Å². The average Bonchev–Trinajstić information content (AvgIpc) is 3.06. The summed E-state index contributed by atoms with van der Waals surface area (Å²) in [7, 11) is -3.09. The van der Waals surface area contributed by atoms with Gasteiger partial charge in [-0.15, -0.1) is 0 Å². The van der Waals surface area contributed by atoms with E-state index >= 15 is 0 Å². The van der Waals surface area contributed by atoms with E-state index in [1.165, 1.54) is 0 Å². The van der Waals surface area contributed by atoms with Crippen molar-refractivity contribution in [3.8, 4) is 0 Å². The monoisotopic (exact) mass is 232 g/mol. The van der Waals surface area contributed by atoms with Crippen LogP contribution in [0.2, 0.25) is 0 Å². The van der Waals surface area contributed by atoms with Crippen LogP contribution in [-0.4, -0.2) is 32.7 Å². The standard InChI is InChI=1S/C9H16N2O3S/c12-9(7-1-2-7)10-5-6-11-15(13,14)8-3-4-8/h7-8,11H,1-6H2,(H,10,12). The van der Waals surface area contributed by atoms with Gasteiger partial charge in [-0.25, -0.2) is 13.1 Å². The Morgan fingerprint density at radius 1 is 1.13 bits per heavy atom. The Bertz CT molecular complexity index is 344. The molecular weight excluding hydrogens is 216 g/mol. The van der Waals surface area contributed by atoms with Gasteiger partial charge in [-0.2, -0.15) is 0 Å². The highest BCUT2D eigenvalue weighted by Gasteiger charge is 2.35. The number of carbonyl (C=O) groups is 1. The Kier molecular flexibility index (Phi) is 2.97. The first kappa shape index (κ1) is 10.9. The Balaban J connectivity index is 1.60. The minimum atomic E-state index is -3.09. The molecule has 2 aliphatic rings. The number of hydrogen-bond acceptors (Lipinski definition) is 3. The molecule has 2 rings (SSSR count). The summed E-state index contributed by atoms with van der Waals surface area (Å²) >= 11 is 0. The van der Waals surface area contributed by atoms with E-state index in [9.17, 15) is 13.2 Å². The van der Waals surface area contributed by atoms with Crippen molar-refractivity contribution in [2.24, 2.45) is 5.92 Å². The molecule has 6 heteroatoms. The summed E-state index contributed by atoms with van der Waals surface area (Å²) in [6.45, 7) is 0.693. The van der Waals surface area contributed by atoms with Crippen molar-refractivity contribution in [3.63, 3.8) is 0 Å². The molecule has 0 saturated heterocycles. The average molecular weight is 232 g/mol. The molecule has 0 radical (unpaired) electrons. The summed E-state index contributed by atoms with van der Waals surface area (Å²) in [5, 5.41) is 2.53. The van der Waals surface area contributed by atoms with Gasteiger partial charge in [0, 0.05) is 19.0 Å². The fraction of sp³-hybridized carbons (Fsp3) is 0.889. The number of rotatable bonds is 6. The Hall–Kier alpha value is -0.620. The first-order valence-corrected chi connectivity index (χ1v) is 6.90. The Labute approximate surface area is 89.7 Å². The summed E-state index contributed by atoms with van der Waals surface area (Å²) in [5.41, 5.74) is 0. The number of amides is 1. The highest BCUT2D eigenvalue weighted by molar-refractivity contribution is 7.90. The molecule has 5 nitrogen and oxygen atoms in total. The molecular formula is C9H16N2O3S. The van der Waals surface area contributed by atoms with E-state index in [2.05, 4.69) is 10.0 Å². The van der Waals surface area contributed by atoms with Crippen molar-refractivity contribution in [1.29, 1.82) is 0 Å². The third kappa shape index (κ3) is 3.17. The normalized spacial score (nSPS) is 21.3. The highest BCUT2D eigenvalue weighted by Crippen LogP contribution is 2.28. The van der Waals surface area contributed by atoms with Gasteiger partial charge in [0.1, 0.15) is 0 Å². The molecule has 2 saturated carbocycles.